The maximum absolute atomic E-state index is 12.8. The van der Waals surface area contributed by atoms with Gasteiger partial charge in [-0.3, -0.25) is 4.72 Å². The second-order valence-electron chi connectivity index (χ2n) is 6.04. The lowest BCUT2D eigenvalue weighted by Gasteiger charge is -2.17. The summed E-state index contributed by atoms with van der Waals surface area (Å²) in [6.45, 7) is -0.583. The van der Waals surface area contributed by atoms with Crippen molar-refractivity contribution in [2.45, 2.75) is 31.1 Å². The molecule has 30 heavy (non-hydrogen) atoms. The van der Waals surface area contributed by atoms with Crippen LogP contribution in [0.15, 0.2) is 29.4 Å². The first-order valence-electron chi connectivity index (χ1n) is 8.02. The van der Waals surface area contributed by atoms with Crippen molar-refractivity contribution in [3.05, 3.63) is 35.7 Å². The molecule has 0 unspecified atom stereocenters. The number of nitrogens with zero attached hydrogens (tertiary/aromatic N) is 2. The summed E-state index contributed by atoms with van der Waals surface area (Å²) in [5.41, 5.74) is 1.28. The van der Waals surface area contributed by atoms with Crippen LogP contribution in [-0.4, -0.2) is 44.0 Å². The summed E-state index contributed by atoms with van der Waals surface area (Å²) in [6.07, 6.45) is -9.20. The molecule has 0 bridgehead atoms. The van der Waals surface area contributed by atoms with E-state index in [9.17, 15) is 34.8 Å². The fraction of sp³-hybridized carbons (Fsp3) is 0.375. The molecule has 0 saturated heterocycles. The molecule has 0 saturated carbocycles. The normalized spacial score (nSPS) is 12.5. The average Bonchev–Trinajstić information content (AvgIpc) is 2.59. The van der Waals surface area contributed by atoms with Gasteiger partial charge in [0.25, 0.3) is 10.0 Å². The molecule has 2 rings (SSSR count). The number of hydrogen-bond donors (Lipinski definition) is 1. The van der Waals surface area contributed by atoms with Crippen LogP contribution < -0.4 is 14.2 Å². The van der Waals surface area contributed by atoms with E-state index in [2.05, 4.69) is 24.2 Å². The summed E-state index contributed by atoms with van der Waals surface area (Å²) in [5.74, 6) is -2.23. The molecule has 0 aliphatic heterocycles. The minimum atomic E-state index is -4.86. The van der Waals surface area contributed by atoms with Crippen LogP contribution in [0.2, 0.25) is 0 Å². The van der Waals surface area contributed by atoms with Crippen molar-refractivity contribution in [3.63, 3.8) is 0 Å². The topological polar surface area (TPSA) is 90.4 Å². The number of halogens is 6. The van der Waals surface area contributed by atoms with Gasteiger partial charge in [0.05, 0.1) is 5.69 Å². The Bertz CT molecular complexity index is 973. The van der Waals surface area contributed by atoms with Gasteiger partial charge in [0, 0.05) is 0 Å². The SMILES string of the molecule is Cc1ccc(NS(=O)(=O)c2c(OCC(F)(F)F)ncnc2OCC(F)(F)F)c(C)c1. The summed E-state index contributed by atoms with van der Waals surface area (Å²) in [6, 6.07) is 4.54. The summed E-state index contributed by atoms with van der Waals surface area (Å²) in [4.78, 5) is 5.44. The Morgan fingerprint density at radius 2 is 1.43 bits per heavy atom. The molecule has 1 aromatic carbocycles. The standard InChI is InChI=1S/C16H15F6N3O4S/c1-9-3-4-11(10(2)5-9)25-30(26,27)12-13(28-6-15(17,18)19)23-8-24-14(12)29-7-16(20,21)22/h3-5,8,25H,6-7H2,1-2H3. The van der Waals surface area contributed by atoms with Gasteiger partial charge in [0.15, 0.2) is 13.2 Å². The van der Waals surface area contributed by atoms with Gasteiger partial charge in [-0.25, -0.2) is 18.4 Å². The van der Waals surface area contributed by atoms with Crippen LogP contribution in [0, 0.1) is 13.8 Å². The second kappa shape index (κ2) is 8.53. The minimum absolute atomic E-state index is 0.0352. The Hall–Kier alpha value is -2.77. The molecule has 0 radical (unpaired) electrons. The Morgan fingerprint density at radius 1 is 0.933 bits per heavy atom. The number of sulfonamides is 1. The zero-order chi connectivity index (χ0) is 22.7. The van der Waals surface area contributed by atoms with Crippen molar-refractivity contribution in [1.29, 1.82) is 0 Å². The third-order valence-corrected chi connectivity index (χ3v) is 4.75. The van der Waals surface area contributed by atoms with E-state index in [1.165, 1.54) is 6.07 Å². The molecule has 166 valence electrons. The van der Waals surface area contributed by atoms with Gasteiger partial charge in [0.1, 0.15) is 6.33 Å². The maximum atomic E-state index is 12.8. The van der Waals surface area contributed by atoms with Gasteiger partial charge in [-0.2, -0.15) is 26.3 Å². The van der Waals surface area contributed by atoms with Gasteiger partial charge in [-0.15, -0.1) is 0 Å². The molecular formula is C16H15F6N3O4S. The van der Waals surface area contributed by atoms with Gasteiger partial charge in [0.2, 0.25) is 16.7 Å². The number of alkyl halides is 6. The number of ether oxygens (including phenoxy) is 2. The number of anilines is 1. The van der Waals surface area contributed by atoms with E-state index >= 15 is 0 Å². The van der Waals surface area contributed by atoms with Gasteiger partial charge in [-0.05, 0) is 25.5 Å². The fourth-order valence-electron chi connectivity index (χ4n) is 2.20. The Morgan fingerprint density at radius 3 is 1.87 bits per heavy atom. The Labute approximate surface area is 167 Å². The molecule has 1 aromatic heterocycles. The number of rotatable bonds is 7. The summed E-state index contributed by atoms with van der Waals surface area (Å²) < 4.78 is 111. The van der Waals surface area contributed by atoms with Gasteiger partial charge in [-0.1, -0.05) is 17.7 Å². The maximum Gasteiger partial charge on any atom is 0.422 e. The van der Waals surface area contributed by atoms with Crippen molar-refractivity contribution >= 4 is 15.7 Å². The van der Waals surface area contributed by atoms with Gasteiger partial charge >= 0.3 is 12.4 Å². The van der Waals surface area contributed by atoms with Crippen LogP contribution in [0.3, 0.4) is 0 Å². The quantitative estimate of drug-likeness (QED) is 0.634. The highest BCUT2D eigenvalue weighted by molar-refractivity contribution is 7.93. The van der Waals surface area contributed by atoms with Crippen molar-refractivity contribution in [3.8, 4) is 11.8 Å². The number of hydrogen-bond acceptors (Lipinski definition) is 6. The molecule has 7 nitrogen and oxygen atoms in total. The average molecular weight is 459 g/mol. The third-order valence-electron chi connectivity index (χ3n) is 3.38. The molecule has 0 spiro atoms. The van der Waals surface area contributed by atoms with Crippen LogP contribution >= 0.6 is 0 Å². The van der Waals surface area contributed by atoms with E-state index in [1.54, 1.807) is 26.0 Å². The van der Waals surface area contributed by atoms with E-state index in [0.717, 1.165) is 5.56 Å². The third kappa shape index (κ3) is 6.64. The van der Waals surface area contributed by atoms with Crippen LogP contribution in [0.5, 0.6) is 11.8 Å². The lowest BCUT2D eigenvalue weighted by Crippen LogP contribution is -2.24. The first-order valence-corrected chi connectivity index (χ1v) is 9.50. The van der Waals surface area contributed by atoms with Crippen molar-refractivity contribution in [1.82, 2.24) is 9.97 Å². The van der Waals surface area contributed by atoms with E-state index in [4.69, 9.17) is 0 Å². The highest BCUT2D eigenvalue weighted by Crippen LogP contribution is 2.33. The zero-order valence-corrected chi connectivity index (χ0v) is 16.2. The molecule has 2 aromatic rings. The van der Waals surface area contributed by atoms with Gasteiger partial charge < -0.3 is 9.47 Å². The summed E-state index contributed by atoms with van der Waals surface area (Å²) in [5, 5.41) is 0. The first-order chi connectivity index (χ1) is 13.7. The molecule has 0 aliphatic carbocycles. The molecule has 0 amide bonds. The molecule has 14 heteroatoms. The lowest BCUT2D eigenvalue weighted by atomic mass is 10.1. The predicted octanol–water partition coefficient (Wildman–Crippen LogP) is 3.78. The van der Waals surface area contributed by atoms with E-state index in [-0.39, 0.29) is 5.69 Å². The van der Waals surface area contributed by atoms with E-state index < -0.39 is 52.2 Å². The molecule has 1 N–H and O–H groups in total. The molecular weight excluding hydrogens is 444 g/mol. The van der Waals surface area contributed by atoms with Crippen molar-refractivity contribution in [2.24, 2.45) is 0 Å². The summed E-state index contributed by atoms with van der Waals surface area (Å²) >= 11 is 0. The highest BCUT2D eigenvalue weighted by atomic mass is 32.2. The highest BCUT2D eigenvalue weighted by Gasteiger charge is 2.35. The molecule has 0 fully saturated rings. The van der Waals surface area contributed by atoms with Crippen LogP contribution in [-0.2, 0) is 10.0 Å². The molecule has 0 atom stereocenters. The molecule has 0 aliphatic rings. The van der Waals surface area contributed by atoms with E-state index in [0.29, 0.717) is 11.9 Å². The summed E-state index contributed by atoms with van der Waals surface area (Å²) in [7, 11) is -4.81. The Balaban J connectivity index is 2.51. The van der Waals surface area contributed by atoms with Crippen molar-refractivity contribution in [2.75, 3.05) is 17.9 Å². The molecule has 1 heterocycles. The van der Waals surface area contributed by atoms with Crippen molar-refractivity contribution < 1.29 is 44.2 Å². The number of nitrogens with one attached hydrogen (secondary N) is 1. The monoisotopic (exact) mass is 459 g/mol. The lowest BCUT2D eigenvalue weighted by molar-refractivity contribution is -0.155. The van der Waals surface area contributed by atoms with Crippen LogP contribution in [0.25, 0.3) is 0 Å². The number of aromatic nitrogens is 2. The van der Waals surface area contributed by atoms with Crippen LogP contribution in [0.4, 0.5) is 32.0 Å². The van der Waals surface area contributed by atoms with E-state index in [1.807, 2.05) is 0 Å². The largest absolute Gasteiger partial charge is 0.467 e. The first kappa shape index (κ1) is 23.5. The second-order valence-corrected chi connectivity index (χ2v) is 7.66. The number of aryl methyl sites for hydroxylation is 2. The minimum Gasteiger partial charge on any atom is -0.467 e. The predicted molar refractivity (Wildman–Crippen MR) is 91.9 cm³/mol. The number of benzene rings is 1. The fourth-order valence-corrected chi connectivity index (χ4v) is 3.51. The zero-order valence-electron chi connectivity index (χ0n) is 15.4. The smallest absolute Gasteiger partial charge is 0.422 e. The van der Waals surface area contributed by atoms with Crippen LogP contribution in [0.1, 0.15) is 11.1 Å². The Kier molecular flexibility index (Phi) is 6.69.